The molecule has 2 N–H and O–H groups in total. The van der Waals surface area contributed by atoms with E-state index in [0.717, 1.165) is 24.9 Å². The van der Waals surface area contributed by atoms with Crippen LogP contribution >= 0.6 is 0 Å². The lowest BCUT2D eigenvalue weighted by atomic mass is 9.97. The Balaban J connectivity index is 2.34. The molecule has 0 saturated heterocycles. The third-order valence-corrected chi connectivity index (χ3v) is 2.92. The zero-order chi connectivity index (χ0) is 9.54. The Labute approximate surface area is 82.6 Å². The fraction of sp³-hybridized carbons (Fsp3) is 0.364. The highest BCUT2D eigenvalue weighted by atomic mass is 15.0. The summed E-state index contributed by atoms with van der Waals surface area (Å²) in [5.41, 5.74) is 9.52. The van der Waals surface area contributed by atoms with Crippen LogP contribution in [-0.2, 0) is 6.42 Å². The van der Waals surface area contributed by atoms with Crippen LogP contribution in [0, 0.1) is 0 Å². The van der Waals surface area contributed by atoms with Crippen molar-refractivity contribution in [1.29, 1.82) is 0 Å². The van der Waals surface area contributed by atoms with Crippen LogP contribution in [0.15, 0.2) is 24.4 Å². The minimum absolute atomic E-state index is 0.163. The Bertz CT molecular complexity index is 472. The number of hydrogen-bond acceptors (Lipinski definition) is 2. The summed E-state index contributed by atoms with van der Waals surface area (Å²) >= 11 is 0. The van der Waals surface area contributed by atoms with E-state index < -0.39 is 0 Å². The van der Waals surface area contributed by atoms with Crippen molar-refractivity contribution in [3.05, 3.63) is 35.8 Å². The molecule has 0 bridgehead atoms. The summed E-state index contributed by atoms with van der Waals surface area (Å²) in [6, 6.07) is 6.23. The van der Waals surface area contributed by atoms with Crippen molar-refractivity contribution < 1.29 is 0 Å². The predicted octanol–water partition coefficient (Wildman–Crippen LogP) is 1.67. The molecule has 1 unspecified atom stereocenters. The second kappa shape index (κ2) is 2.82. The van der Waals surface area contributed by atoms with Gasteiger partial charge in [-0.05, 0) is 31.4 Å². The molecule has 3 nitrogen and oxygen atoms in total. The molecule has 0 saturated carbocycles. The van der Waals surface area contributed by atoms with Crippen molar-refractivity contribution in [2.24, 2.45) is 5.73 Å². The second-order valence-corrected chi connectivity index (χ2v) is 3.87. The quantitative estimate of drug-likeness (QED) is 0.681. The monoisotopic (exact) mass is 187 g/mol. The summed E-state index contributed by atoms with van der Waals surface area (Å²) in [5, 5.41) is 0. The third kappa shape index (κ3) is 0.990. The highest BCUT2D eigenvalue weighted by Gasteiger charge is 2.21. The maximum Gasteiger partial charge on any atom is 0.137 e. The van der Waals surface area contributed by atoms with Crippen LogP contribution in [0.3, 0.4) is 0 Å². The van der Waals surface area contributed by atoms with Crippen LogP contribution in [0.1, 0.15) is 30.3 Å². The van der Waals surface area contributed by atoms with Gasteiger partial charge in [-0.25, -0.2) is 4.98 Å². The summed E-state index contributed by atoms with van der Waals surface area (Å²) in [6.45, 7) is 0. The SMILES string of the molecule is NC1CCCc2nc3ccccn3c21. The van der Waals surface area contributed by atoms with E-state index in [1.807, 2.05) is 24.4 Å². The largest absolute Gasteiger partial charge is 0.323 e. The van der Waals surface area contributed by atoms with Gasteiger partial charge >= 0.3 is 0 Å². The third-order valence-electron chi connectivity index (χ3n) is 2.92. The van der Waals surface area contributed by atoms with Gasteiger partial charge in [0, 0.05) is 12.2 Å². The number of rotatable bonds is 0. The van der Waals surface area contributed by atoms with Gasteiger partial charge in [-0.2, -0.15) is 0 Å². The van der Waals surface area contributed by atoms with Crippen LogP contribution in [0.2, 0.25) is 0 Å². The van der Waals surface area contributed by atoms with Crippen molar-refractivity contribution in [3.63, 3.8) is 0 Å². The molecular weight excluding hydrogens is 174 g/mol. The molecule has 1 atom stereocenters. The number of nitrogens with two attached hydrogens (primary N) is 1. The molecule has 1 aliphatic rings. The average Bonchev–Trinajstić information content (AvgIpc) is 2.57. The highest BCUT2D eigenvalue weighted by molar-refractivity contribution is 5.44. The van der Waals surface area contributed by atoms with E-state index in [4.69, 9.17) is 5.73 Å². The van der Waals surface area contributed by atoms with Crippen molar-refractivity contribution in [2.45, 2.75) is 25.3 Å². The zero-order valence-corrected chi connectivity index (χ0v) is 7.98. The molecule has 0 spiro atoms. The van der Waals surface area contributed by atoms with E-state index in [1.54, 1.807) is 0 Å². The van der Waals surface area contributed by atoms with Crippen molar-refractivity contribution in [3.8, 4) is 0 Å². The fourth-order valence-corrected chi connectivity index (χ4v) is 2.27. The van der Waals surface area contributed by atoms with Crippen LogP contribution in [0.25, 0.3) is 5.65 Å². The van der Waals surface area contributed by atoms with Crippen molar-refractivity contribution in [2.75, 3.05) is 0 Å². The lowest BCUT2D eigenvalue weighted by Gasteiger charge is -2.17. The molecule has 0 aromatic carbocycles. The second-order valence-electron chi connectivity index (χ2n) is 3.87. The number of pyridine rings is 1. The lowest BCUT2D eigenvalue weighted by molar-refractivity contribution is 0.549. The average molecular weight is 187 g/mol. The molecule has 72 valence electrons. The van der Waals surface area contributed by atoms with Crippen LogP contribution in [-0.4, -0.2) is 9.38 Å². The Morgan fingerprint density at radius 1 is 1.43 bits per heavy atom. The standard InChI is InChI=1S/C11H13N3/c12-8-4-3-5-9-11(8)14-7-2-1-6-10(14)13-9/h1-2,6-8H,3-5,12H2. The molecule has 2 aromatic rings. The summed E-state index contributed by atoms with van der Waals surface area (Å²) in [4.78, 5) is 4.59. The van der Waals surface area contributed by atoms with Crippen molar-refractivity contribution in [1.82, 2.24) is 9.38 Å². The molecule has 2 aromatic heterocycles. The van der Waals surface area contributed by atoms with E-state index in [1.165, 1.54) is 11.4 Å². The van der Waals surface area contributed by atoms with E-state index >= 15 is 0 Å². The topological polar surface area (TPSA) is 43.3 Å². The molecule has 0 aliphatic heterocycles. The Hall–Kier alpha value is -1.35. The Morgan fingerprint density at radius 3 is 3.29 bits per heavy atom. The van der Waals surface area contributed by atoms with Gasteiger partial charge in [-0.1, -0.05) is 6.07 Å². The summed E-state index contributed by atoms with van der Waals surface area (Å²) in [5.74, 6) is 0. The predicted molar refractivity (Wildman–Crippen MR) is 55.1 cm³/mol. The van der Waals surface area contributed by atoms with Gasteiger partial charge in [0.2, 0.25) is 0 Å². The fourth-order valence-electron chi connectivity index (χ4n) is 2.27. The summed E-state index contributed by atoms with van der Waals surface area (Å²) < 4.78 is 2.12. The number of aryl methyl sites for hydroxylation is 1. The molecule has 0 radical (unpaired) electrons. The molecule has 14 heavy (non-hydrogen) atoms. The first kappa shape index (κ1) is 8.00. The van der Waals surface area contributed by atoms with Crippen LogP contribution < -0.4 is 5.73 Å². The van der Waals surface area contributed by atoms with Crippen LogP contribution in [0.5, 0.6) is 0 Å². The molecule has 0 amide bonds. The number of hydrogen-bond donors (Lipinski definition) is 1. The van der Waals surface area contributed by atoms with Gasteiger partial charge in [0.1, 0.15) is 5.65 Å². The van der Waals surface area contributed by atoms with Gasteiger partial charge < -0.3 is 10.1 Å². The Morgan fingerprint density at radius 2 is 2.36 bits per heavy atom. The van der Waals surface area contributed by atoms with E-state index in [9.17, 15) is 0 Å². The molecule has 2 heterocycles. The minimum Gasteiger partial charge on any atom is -0.323 e. The smallest absolute Gasteiger partial charge is 0.137 e. The number of aromatic nitrogens is 2. The molecule has 1 aliphatic carbocycles. The molecule has 3 heteroatoms. The first-order valence-electron chi connectivity index (χ1n) is 5.08. The van der Waals surface area contributed by atoms with E-state index in [0.29, 0.717) is 0 Å². The van der Waals surface area contributed by atoms with Gasteiger partial charge in [0.05, 0.1) is 11.4 Å². The van der Waals surface area contributed by atoms with Crippen molar-refractivity contribution >= 4 is 5.65 Å². The number of fused-ring (bicyclic) bond motifs is 3. The molecule has 3 rings (SSSR count). The summed E-state index contributed by atoms with van der Waals surface area (Å²) in [7, 11) is 0. The van der Waals surface area contributed by atoms with E-state index in [-0.39, 0.29) is 6.04 Å². The number of nitrogens with zero attached hydrogens (tertiary/aromatic N) is 2. The summed E-state index contributed by atoms with van der Waals surface area (Å²) in [6.07, 6.45) is 5.37. The highest BCUT2D eigenvalue weighted by Crippen LogP contribution is 2.28. The van der Waals surface area contributed by atoms with Gasteiger partial charge in [-0.3, -0.25) is 0 Å². The van der Waals surface area contributed by atoms with Crippen LogP contribution in [0.4, 0.5) is 0 Å². The first-order chi connectivity index (χ1) is 6.86. The van der Waals surface area contributed by atoms with Gasteiger partial charge in [0.25, 0.3) is 0 Å². The minimum atomic E-state index is 0.163. The number of imidazole rings is 1. The maximum absolute atomic E-state index is 6.10. The maximum atomic E-state index is 6.10. The molecular formula is C11H13N3. The van der Waals surface area contributed by atoms with E-state index in [2.05, 4.69) is 9.38 Å². The first-order valence-corrected chi connectivity index (χ1v) is 5.08. The molecule has 0 fully saturated rings. The normalized spacial score (nSPS) is 21.1. The zero-order valence-electron chi connectivity index (χ0n) is 7.98. The van der Waals surface area contributed by atoms with Gasteiger partial charge in [-0.15, -0.1) is 0 Å². The Kier molecular flexibility index (Phi) is 1.61. The lowest BCUT2D eigenvalue weighted by Crippen LogP contribution is -2.18. The van der Waals surface area contributed by atoms with Gasteiger partial charge in [0.15, 0.2) is 0 Å².